The summed E-state index contributed by atoms with van der Waals surface area (Å²) in [5.74, 6) is 0. The minimum absolute atomic E-state index is 1.12. The van der Waals surface area contributed by atoms with Gasteiger partial charge in [0.2, 0.25) is 0 Å². The van der Waals surface area contributed by atoms with Crippen LogP contribution in [-0.4, -0.2) is 33.0 Å². The predicted molar refractivity (Wildman–Crippen MR) is 28.1 cm³/mol. The van der Waals surface area contributed by atoms with Crippen molar-refractivity contribution < 1.29 is 10.1 Å². The molecule has 0 saturated carbocycles. The first-order valence-electron chi connectivity index (χ1n) is 1.49. The molecule has 0 fully saturated rings. The molecule has 0 atom stereocenters. The second-order valence-electron chi connectivity index (χ2n) is 0.670. The minimum atomic E-state index is 1.12. The zero-order valence-corrected chi connectivity index (χ0v) is 3.29. The maximum absolute atomic E-state index is 7.56. The van der Waals surface area contributed by atoms with E-state index in [1.165, 1.54) is 13.4 Å². The third kappa shape index (κ3) is 4.02. The van der Waals surface area contributed by atoms with Gasteiger partial charge in [0.25, 0.3) is 0 Å². The summed E-state index contributed by atoms with van der Waals surface area (Å²) < 4.78 is 0. The van der Waals surface area contributed by atoms with Crippen LogP contribution in [-0.2, 0) is 4.81 Å². The van der Waals surface area contributed by atoms with Gasteiger partial charge in [0.15, 0.2) is 0 Å². The van der Waals surface area contributed by atoms with Crippen molar-refractivity contribution in [2.45, 2.75) is 0 Å². The van der Waals surface area contributed by atoms with Crippen LogP contribution in [0.15, 0.2) is 0 Å². The molecule has 0 unspecified atom stereocenters. The van der Waals surface area contributed by atoms with Crippen LogP contribution in [0.5, 0.6) is 0 Å². The molecule has 0 rings (SSSR count). The molecule has 0 aliphatic carbocycles. The van der Waals surface area contributed by atoms with Crippen molar-refractivity contribution in [1.29, 1.82) is 0 Å². The van der Waals surface area contributed by atoms with E-state index >= 15 is 0 Å². The van der Waals surface area contributed by atoms with E-state index in [0.29, 0.717) is 0 Å². The van der Waals surface area contributed by atoms with Crippen molar-refractivity contribution in [1.82, 2.24) is 0 Å². The van der Waals surface area contributed by atoms with Crippen LogP contribution in [0.3, 0.4) is 0 Å². The van der Waals surface area contributed by atoms with Crippen LogP contribution in [0.4, 0.5) is 0 Å². The van der Waals surface area contributed by atoms with Gasteiger partial charge in [-0.25, -0.2) is 0 Å². The fourth-order valence-electron chi connectivity index (χ4n) is 0.0907. The summed E-state index contributed by atoms with van der Waals surface area (Å²) in [6.45, 7) is 2.97. The molecular weight excluding hydrogens is 75.2 g/mol. The Hall–Kier alpha value is 0.0197. The molecule has 0 aromatic carbocycles. The Morgan fingerprint density at radius 3 is 2.50 bits per heavy atom. The summed E-state index contributed by atoms with van der Waals surface area (Å²) in [7, 11) is 4.44. The number of rotatable bonds is 2. The van der Waals surface area contributed by atoms with Crippen molar-refractivity contribution in [3.8, 4) is 0 Å². The molecule has 0 heterocycles. The average Bonchev–Trinajstić information content (AvgIpc) is 1.61. The molecule has 1 N–H and O–H groups in total. The zero-order chi connectivity index (χ0) is 4.83. The topological polar surface area (TPSA) is 29.5 Å². The first kappa shape index (κ1) is 6.02. The van der Waals surface area contributed by atoms with E-state index in [1.807, 2.05) is 0 Å². The summed E-state index contributed by atoms with van der Waals surface area (Å²) in [6, 6.07) is 0. The molecule has 0 bridgehead atoms. The fraction of sp³-hybridized carbons (Fsp3) is 0. The third-order valence-electron chi connectivity index (χ3n) is 0.276. The van der Waals surface area contributed by atoms with Crippen molar-refractivity contribution in [3.05, 3.63) is 0 Å². The first-order valence-corrected chi connectivity index (χ1v) is 1.49. The first-order chi connectivity index (χ1) is 2.91. The van der Waals surface area contributed by atoms with Gasteiger partial charge in [-0.05, 0) is 0 Å². The monoisotopic (exact) mass is 78.0 g/mol. The fourth-order valence-corrected chi connectivity index (χ4v) is 0.0907. The molecule has 0 aliphatic rings. The van der Waals surface area contributed by atoms with Gasteiger partial charge < -0.3 is 0 Å². The number of hydrogen-bond donors (Lipinski definition) is 1. The summed E-state index contributed by atoms with van der Waals surface area (Å²) in [6.07, 6.45) is 0. The Labute approximate surface area is 38.8 Å². The molecular formula is H2B4O2. The SMILES string of the molecule is B=BB=BOO. The van der Waals surface area contributed by atoms with E-state index in [-0.39, 0.29) is 0 Å². The summed E-state index contributed by atoms with van der Waals surface area (Å²) in [5.41, 5.74) is 0. The Balaban J connectivity index is 2.94. The van der Waals surface area contributed by atoms with Crippen LogP contribution in [0.1, 0.15) is 0 Å². The van der Waals surface area contributed by atoms with Crippen LogP contribution in [0.2, 0.25) is 0 Å². The van der Waals surface area contributed by atoms with Gasteiger partial charge in [-0.15, -0.1) is 0 Å². The second-order valence-corrected chi connectivity index (χ2v) is 0.670. The normalized spacial score (nSPS) is 5.33. The molecule has 6 heteroatoms. The molecule has 0 saturated heterocycles. The van der Waals surface area contributed by atoms with E-state index in [9.17, 15) is 0 Å². The molecule has 0 aliphatic heterocycles. The molecule has 2 nitrogen and oxygen atoms in total. The molecule has 0 amide bonds. The molecule has 0 radical (unpaired) electrons. The van der Waals surface area contributed by atoms with Gasteiger partial charge >= 0.3 is 37.8 Å². The quantitative estimate of drug-likeness (QED) is 0.238. The zero-order valence-electron chi connectivity index (χ0n) is 3.29. The number of hydrogen-bond acceptors (Lipinski definition) is 2. The van der Waals surface area contributed by atoms with Gasteiger partial charge in [-0.1, -0.05) is 0 Å². The molecule has 6 heavy (non-hydrogen) atoms. The van der Waals surface area contributed by atoms with Gasteiger partial charge in [0.05, 0.1) is 0 Å². The Bertz CT molecular complexity index is 56.6. The average molecular weight is 77.3 g/mol. The van der Waals surface area contributed by atoms with E-state index < -0.39 is 0 Å². The molecule has 0 aromatic rings. The standard InChI is InChI=1S/B4H2O2/c1-2-3-4-6-5/h1,5H. The van der Waals surface area contributed by atoms with Crippen molar-refractivity contribution in [2.24, 2.45) is 0 Å². The van der Waals surface area contributed by atoms with Crippen molar-refractivity contribution in [2.75, 3.05) is 0 Å². The van der Waals surface area contributed by atoms with E-state index in [0.717, 1.165) is 7.00 Å². The molecule has 26 valence electrons. The molecule has 0 spiro atoms. The van der Waals surface area contributed by atoms with Crippen LogP contribution < -0.4 is 0 Å². The Morgan fingerprint density at radius 2 is 2.33 bits per heavy atom. The van der Waals surface area contributed by atoms with Crippen LogP contribution >= 0.6 is 0 Å². The van der Waals surface area contributed by atoms with Crippen molar-refractivity contribution in [3.63, 3.8) is 0 Å². The van der Waals surface area contributed by atoms with Gasteiger partial charge in [0, 0.05) is 0 Å². The van der Waals surface area contributed by atoms with E-state index in [2.05, 4.69) is 12.2 Å². The summed E-state index contributed by atoms with van der Waals surface area (Å²) in [4.78, 5) is 3.53. The maximum atomic E-state index is 7.56. The Morgan fingerprint density at radius 1 is 1.67 bits per heavy atom. The van der Waals surface area contributed by atoms with Gasteiger partial charge in [0.1, 0.15) is 0 Å². The van der Waals surface area contributed by atoms with Gasteiger partial charge in [-0.3, -0.25) is 0 Å². The molecule has 0 aromatic heterocycles. The van der Waals surface area contributed by atoms with Crippen LogP contribution in [0.25, 0.3) is 0 Å². The van der Waals surface area contributed by atoms with E-state index in [4.69, 9.17) is 5.26 Å². The summed E-state index contributed by atoms with van der Waals surface area (Å²) >= 11 is 0. The second kappa shape index (κ2) is 5.02. The summed E-state index contributed by atoms with van der Waals surface area (Å²) in [5, 5.41) is 7.56. The Kier molecular flexibility index (Phi) is 5.04. The third-order valence-corrected chi connectivity index (χ3v) is 0.276. The van der Waals surface area contributed by atoms with Crippen LogP contribution in [0, 0.1) is 0 Å². The predicted octanol–water partition coefficient (Wildman–Crippen LogP) is -1.85. The van der Waals surface area contributed by atoms with Gasteiger partial charge in [-0.2, -0.15) is 0 Å². The van der Waals surface area contributed by atoms with E-state index in [1.54, 1.807) is 0 Å². The van der Waals surface area contributed by atoms with Crippen molar-refractivity contribution >= 4 is 27.8 Å².